The summed E-state index contributed by atoms with van der Waals surface area (Å²) in [6, 6.07) is 14.8. The van der Waals surface area contributed by atoms with Crippen molar-refractivity contribution in [2.45, 2.75) is 33.1 Å². The normalized spacial score (nSPS) is 10.3. The minimum atomic E-state index is -0.116. The Morgan fingerprint density at radius 3 is 2.30 bits per heavy atom. The van der Waals surface area contributed by atoms with Crippen LogP contribution in [-0.2, 0) is 11.2 Å². The van der Waals surface area contributed by atoms with Crippen molar-refractivity contribution in [3.05, 3.63) is 59.7 Å². The number of hydrogen-bond donors (Lipinski definition) is 1. The zero-order valence-electron chi connectivity index (χ0n) is 16.0. The van der Waals surface area contributed by atoms with Crippen LogP contribution in [0.1, 0.15) is 42.6 Å². The van der Waals surface area contributed by atoms with Crippen LogP contribution in [0.5, 0.6) is 11.5 Å². The van der Waals surface area contributed by atoms with Crippen molar-refractivity contribution in [2.24, 2.45) is 0 Å². The number of amides is 1. The number of benzene rings is 2. The zero-order valence-corrected chi connectivity index (χ0v) is 16.0. The quantitative estimate of drug-likeness (QED) is 0.612. The summed E-state index contributed by atoms with van der Waals surface area (Å²) < 4.78 is 11.2. The van der Waals surface area contributed by atoms with Gasteiger partial charge in [-0.05, 0) is 38.0 Å². The van der Waals surface area contributed by atoms with Crippen molar-refractivity contribution in [1.82, 2.24) is 5.32 Å². The fraction of sp³-hybridized carbons (Fsp3) is 0.364. The molecule has 0 heterocycles. The lowest BCUT2D eigenvalue weighted by molar-refractivity contribution is -0.121. The van der Waals surface area contributed by atoms with Crippen molar-refractivity contribution < 1.29 is 19.1 Å². The average Bonchev–Trinajstić information content (AvgIpc) is 2.69. The molecule has 2 rings (SSSR count). The Hall–Kier alpha value is -2.82. The van der Waals surface area contributed by atoms with Gasteiger partial charge < -0.3 is 14.8 Å². The van der Waals surface area contributed by atoms with Gasteiger partial charge in [0.2, 0.25) is 5.91 Å². The Morgan fingerprint density at radius 1 is 0.889 bits per heavy atom. The maximum Gasteiger partial charge on any atom is 0.220 e. The minimum Gasteiger partial charge on any atom is -0.490 e. The van der Waals surface area contributed by atoms with Gasteiger partial charge in [0.15, 0.2) is 17.3 Å². The topological polar surface area (TPSA) is 64.6 Å². The number of carbonyl (C=O) groups is 2. The lowest BCUT2D eigenvalue weighted by Crippen LogP contribution is -2.26. The van der Waals surface area contributed by atoms with E-state index in [0.717, 1.165) is 17.1 Å². The molecule has 0 spiro atoms. The number of Topliss-reactive ketones (excluding diaryl/α,β-unsaturated/α-hetero) is 1. The van der Waals surface area contributed by atoms with Gasteiger partial charge in [0.25, 0.3) is 0 Å². The molecule has 0 saturated heterocycles. The largest absolute Gasteiger partial charge is 0.490 e. The van der Waals surface area contributed by atoms with E-state index in [1.54, 1.807) is 12.1 Å². The first kappa shape index (κ1) is 20.5. The van der Waals surface area contributed by atoms with Crippen LogP contribution >= 0.6 is 0 Å². The maximum absolute atomic E-state index is 12.0. The summed E-state index contributed by atoms with van der Waals surface area (Å²) in [5.74, 6) is 1.32. The molecule has 0 aliphatic carbocycles. The molecule has 27 heavy (non-hydrogen) atoms. The first-order chi connectivity index (χ1) is 13.1. The summed E-state index contributed by atoms with van der Waals surface area (Å²) in [7, 11) is 0. The van der Waals surface area contributed by atoms with Crippen molar-refractivity contribution in [3.8, 4) is 11.5 Å². The van der Waals surface area contributed by atoms with E-state index in [1.807, 2.05) is 50.2 Å². The number of nitrogens with one attached hydrogen (secondary N) is 1. The molecule has 0 fully saturated rings. The van der Waals surface area contributed by atoms with Gasteiger partial charge in [0.1, 0.15) is 0 Å². The molecular formula is C22H27NO4. The van der Waals surface area contributed by atoms with Crippen molar-refractivity contribution in [3.63, 3.8) is 0 Å². The van der Waals surface area contributed by atoms with Gasteiger partial charge in [0, 0.05) is 24.9 Å². The summed E-state index contributed by atoms with van der Waals surface area (Å²) in [6.07, 6.45) is 1.10. The van der Waals surface area contributed by atoms with Gasteiger partial charge in [-0.15, -0.1) is 0 Å². The van der Waals surface area contributed by atoms with Crippen LogP contribution in [-0.4, -0.2) is 31.4 Å². The third-order valence-electron chi connectivity index (χ3n) is 4.02. The molecule has 0 aliphatic rings. The van der Waals surface area contributed by atoms with Gasteiger partial charge in [-0.1, -0.05) is 36.4 Å². The van der Waals surface area contributed by atoms with Crippen LogP contribution in [0.2, 0.25) is 0 Å². The van der Waals surface area contributed by atoms with Gasteiger partial charge in [-0.3, -0.25) is 9.59 Å². The first-order valence-electron chi connectivity index (χ1n) is 9.37. The molecule has 1 amide bonds. The van der Waals surface area contributed by atoms with Crippen molar-refractivity contribution in [2.75, 3.05) is 19.8 Å². The summed E-state index contributed by atoms with van der Waals surface area (Å²) in [5.41, 5.74) is 1.70. The highest BCUT2D eigenvalue weighted by atomic mass is 16.5. The smallest absolute Gasteiger partial charge is 0.220 e. The average molecular weight is 369 g/mol. The fourth-order valence-electron chi connectivity index (χ4n) is 2.68. The highest BCUT2D eigenvalue weighted by molar-refractivity contribution is 5.97. The lowest BCUT2D eigenvalue weighted by Gasteiger charge is -2.12. The highest BCUT2D eigenvalue weighted by Crippen LogP contribution is 2.28. The molecule has 144 valence electrons. The van der Waals surface area contributed by atoms with Crippen molar-refractivity contribution >= 4 is 11.7 Å². The van der Waals surface area contributed by atoms with E-state index in [-0.39, 0.29) is 24.5 Å². The summed E-state index contributed by atoms with van der Waals surface area (Å²) >= 11 is 0. The van der Waals surface area contributed by atoms with E-state index in [2.05, 4.69) is 5.32 Å². The molecule has 0 aromatic heterocycles. The lowest BCUT2D eigenvalue weighted by atomic mass is 10.1. The zero-order chi connectivity index (χ0) is 19.5. The third kappa shape index (κ3) is 6.77. The molecule has 0 bridgehead atoms. The number of hydrogen-bond acceptors (Lipinski definition) is 4. The second-order valence-corrected chi connectivity index (χ2v) is 6.04. The molecule has 2 aromatic rings. The Balaban J connectivity index is 1.77. The Kier molecular flexibility index (Phi) is 8.36. The molecule has 1 N–H and O–H groups in total. The molecule has 0 saturated carbocycles. The van der Waals surface area contributed by atoms with Gasteiger partial charge in [-0.2, -0.15) is 0 Å². The van der Waals surface area contributed by atoms with Crippen molar-refractivity contribution in [1.29, 1.82) is 0 Å². The van der Waals surface area contributed by atoms with Gasteiger partial charge in [0.05, 0.1) is 13.2 Å². The number of carbonyl (C=O) groups excluding carboxylic acids is 2. The Bertz CT molecular complexity index is 743. The van der Waals surface area contributed by atoms with Crippen LogP contribution in [0.4, 0.5) is 0 Å². The maximum atomic E-state index is 12.0. The number of ketones is 1. The molecule has 5 nitrogen and oxygen atoms in total. The highest BCUT2D eigenvalue weighted by Gasteiger charge is 2.09. The molecular weight excluding hydrogens is 342 g/mol. The number of ether oxygens (including phenoxy) is 2. The Labute approximate surface area is 160 Å². The van der Waals surface area contributed by atoms with E-state index in [9.17, 15) is 9.59 Å². The predicted molar refractivity (Wildman–Crippen MR) is 106 cm³/mol. The SMILES string of the molecule is CCOc1ccc(CCNC(=O)CCC(=O)c2ccccc2)cc1OCC. The minimum absolute atomic E-state index is 0.0152. The summed E-state index contributed by atoms with van der Waals surface area (Å²) in [4.78, 5) is 24.0. The van der Waals surface area contributed by atoms with Gasteiger partial charge in [-0.25, -0.2) is 0 Å². The summed E-state index contributed by atoms with van der Waals surface area (Å²) in [6.45, 7) is 5.52. The monoisotopic (exact) mass is 369 g/mol. The van der Waals surface area contributed by atoms with E-state index in [0.29, 0.717) is 31.7 Å². The van der Waals surface area contributed by atoms with Crippen LogP contribution in [0.25, 0.3) is 0 Å². The van der Waals surface area contributed by atoms with Crippen LogP contribution in [0.3, 0.4) is 0 Å². The third-order valence-corrected chi connectivity index (χ3v) is 4.02. The van der Waals surface area contributed by atoms with E-state index < -0.39 is 0 Å². The van der Waals surface area contributed by atoms with Crippen LogP contribution in [0.15, 0.2) is 48.5 Å². The first-order valence-corrected chi connectivity index (χ1v) is 9.37. The molecule has 5 heteroatoms. The second-order valence-electron chi connectivity index (χ2n) is 6.04. The predicted octanol–water partition coefficient (Wildman–Crippen LogP) is 3.81. The van der Waals surface area contributed by atoms with Gasteiger partial charge >= 0.3 is 0 Å². The van der Waals surface area contributed by atoms with Crippen LogP contribution in [0, 0.1) is 0 Å². The molecule has 2 aromatic carbocycles. The molecule has 0 aliphatic heterocycles. The second kappa shape index (κ2) is 11.0. The standard InChI is InChI=1S/C22H27NO4/c1-3-26-20-12-10-17(16-21(20)27-4-2)14-15-23-22(25)13-11-19(24)18-8-6-5-7-9-18/h5-10,12,16H,3-4,11,13-15H2,1-2H3,(H,23,25). The fourth-order valence-corrected chi connectivity index (χ4v) is 2.68. The van der Waals surface area contributed by atoms with E-state index >= 15 is 0 Å². The van der Waals surface area contributed by atoms with E-state index in [4.69, 9.17) is 9.47 Å². The van der Waals surface area contributed by atoms with E-state index in [1.165, 1.54) is 0 Å². The summed E-state index contributed by atoms with van der Waals surface area (Å²) in [5, 5.41) is 2.87. The molecule has 0 unspecified atom stereocenters. The Morgan fingerprint density at radius 2 is 1.59 bits per heavy atom. The molecule has 0 atom stereocenters. The molecule has 0 radical (unpaired) electrons. The van der Waals surface area contributed by atoms with Crippen LogP contribution < -0.4 is 14.8 Å². The number of rotatable bonds is 11.